The predicted octanol–water partition coefficient (Wildman–Crippen LogP) is 4.26. The van der Waals surface area contributed by atoms with Crippen molar-refractivity contribution in [2.24, 2.45) is 11.8 Å². The SMILES string of the molecule is CC1(C)Oc2ccc(Cl)cc2[C@@H]2O[C@@H]3CCN(CC(=O)N4CC(=O)Nc5ccccc54)C[C@H]3C[C@H]21. The van der Waals surface area contributed by atoms with Gasteiger partial charge in [0.25, 0.3) is 0 Å². The smallest absolute Gasteiger partial charge is 0.244 e. The second-order valence-corrected chi connectivity index (χ2v) is 11.1. The number of likely N-dealkylation sites (tertiary alicyclic amines) is 1. The number of carbonyl (C=O) groups excluding carboxylic acids is 2. The molecule has 4 heterocycles. The summed E-state index contributed by atoms with van der Waals surface area (Å²) in [6, 6.07) is 13.2. The lowest BCUT2D eigenvalue weighted by molar-refractivity contribution is -0.187. The number of para-hydroxylation sites is 2. The van der Waals surface area contributed by atoms with Gasteiger partial charge in [0.05, 0.1) is 30.1 Å². The number of anilines is 2. The van der Waals surface area contributed by atoms with Gasteiger partial charge in [0.15, 0.2) is 0 Å². The molecular formula is C27H30ClN3O4. The fourth-order valence-electron chi connectivity index (χ4n) is 6.23. The Kier molecular flexibility index (Phi) is 5.55. The van der Waals surface area contributed by atoms with E-state index in [1.54, 1.807) is 4.90 Å². The molecular weight excluding hydrogens is 466 g/mol. The number of nitrogens with one attached hydrogen (secondary N) is 1. The third-order valence-electron chi connectivity index (χ3n) is 7.97. The minimum atomic E-state index is -0.362. The number of piperidine rings is 1. The van der Waals surface area contributed by atoms with E-state index in [0.29, 0.717) is 16.6 Å². The number of amides is 2. The largest absolute Gasteiger partial charge is 0.487 e. The Bertz CT molecular complexity index is 1180. The topological polar surface area (TPSA) is 71.1 Å². The van der Waals surface area contributed by atoms with Crippen molar-refractivity contribution in [3.63, 3.8) is 0 Å². The lowest BCUT2D eigenvalue weighted by Crippen LogP contribution is -2.56. The summed E-state index contributed by atoms with van der Waals surface area (Å²) >= 11 is 6.31. The number of hydrogen-bond acceptors (Lipinski definition) is 5. The Balaban J connectivity index is 1.17. The third-order valence-corrected chi connectivity index (χ3v) is 8.20. The zero-order valence-corrected chi connectivity index (χ0v) is 20.8. The predicted molar refractivity (Wildman–Crippen MR) is 134 cm³/mol. The Hall–Kier alpha value is -2.61. The van der Waals surface area contributed by atoms with Crippen molar-refractivity contribution >= 4 is 34.8 Å². The van der Waals surface area contributed by atoms with Gasteiger partial charge in [-0.1, -0.05) is 23.7 Å². The molecule has 2 saturated heterocycles. The number of carbonyl (C=O) groups is 2. The van der Waals surface area contributed by atoms with E-state index in [2.05, 4.69) is 24.1 Å². The van der Waals surface area contributed by atoms with Gasteiger partial charge < -0.3 is 14.8 Å². The average Bonchev–Trinajstić information content (AvgIpc) is 2.83. The van der Waals surface area contributed by atoms with Crippen LogP contribution in [0.15, 0.2) is 42.5 Å². The van der Waals surface area contributed by atoms with Gasteiger partial charge in [0, 0.05) is 29.6 Å². The fourth-order valence-corrected chi connectivity index (χ4v) is 6.41. The number of rotatable bonds is 2. The van der Waals surface area contributed by atoms with Crippen molar-refractivity contribution in [3.8, 4) is 5.75 Å². The van der Waals surface area contributed by atoms with Crippen molar-refractivity contribution in [2.75, 3.05) is 36.4 Å². The van der Waals surface area contributed by atoms with Crippen LogP contribution in [0.5, 0.6) is 5.75 Å². The van der Waals surface area contributed by atoms with Crippen molar-refractivity contribution in [3.05, 3.63) is 53.1 Å². The standard InChI is InChI=1S/C27H30ClN3O4/c1-27(2)19-11-16-13-30(15-25(33)31-14-24(32)29-20-5-3-4-6-21(20)31)10-9-22(16)34-26(19)18-12-17(28)7-8-23(18)35-27/h3-8,12,16,19,22,26H,9-11,13-15H2,1-2H3,(H,29,32)/t16-,19-,22-,26+/m1/s1. The zero-order chi connectivity index (χ0) is 24.3. The van der Waals surface area contributed by atoms with Gasteiger partial charge >= 0.3 is 0 Å². The molecule has 1 N–H and O–H groups in total. The minimum absolute atomic E-state index is 0.0368. The molecule has 2 aromatic rings. The Morgan fingerprint density at radius 1 is 1.23 bits per heavy atom. The van der Waals surface area contributed by atoms with Gasteiger partial charge in [-0.15, -0.1) is 0 Å². The summed E-state index contributed by atoms with van der Waals surface area (Å²) in [5, 5.41) is 3.54. The molecule has 2 fully saturated rings. The molecule has 184 valence electrons. The molecule has 35 heavy (non-hydrogen) atoms. The number of nitrogens with zero attached hydrogens (tertiary/aromatic N) is 2. The zero-order valence-electron chi connectivity index (χ0n) is 20.0. The van der Waals surface area contributed by atoms with Gasteiger partial charge in [-0.3, -0.25) is 19.4 Å². The van der Waals surface area contributed by atoms with Crippen LogP contribution in [-0.2, 0) is 14.3 Å². The molecule has 0 spiro atoms. The van der Waals surface area contributed by atoms with Crippen LogP contribution in [0.3, 0.4) is 0 Å². The van der Waals surface area contributed by atoms with Crippen molar-refractivity contribution in [1.82, 2.24) is 4.90 Å². The van der Waals surface area contributed by atoms with Crippen molar-refractivity contribution in [2.45, 2.75) is 44.5 Å². The second-order valence-electron chi connectivity index (χ2n) is 10.7. The summed E-state index contributed by atoms with van der Waals surface area (Å²) in [5.74, 6) is 1.15. The van der Waals surface area contributed by atoms with Crippen LogP contribution in [-0.4, -0.2) is 54.6 Å². The Morgan fingerprint density at radius 3 is 2.91 bits per heavy atom. The highest BCUT2D eigenvalue weighted by Crippen LogP contribution is 2.53. The van der Waals surface area contributed by atoms with Crippen LogP contribution in [0, 0.1) is 11.8 Å². The molecule has 4 aliphatic heterocycles. The summed E-state index contributed by atoms with van der Waals surface area (Å²) < 4.78 is 13.1. The van der Waals surface area contributed by atoms with Crippen LogP contribution >= 0.6 is 11.6 Å². The molecule has 7 nitrogen and oxygen atoms in total. The molecule has 0 saturated carbocycles. The first-order valence-corrected chi connectivity index (χ1v) is 12.7. The van der Waals surface area contributed by atoms with E-state index >= 15 is 0 Å². The highest BCUT2D eigenvalue weighted by atomic mass is 35.5. The van der Waals surface area contributed by atoms with Crippen LogP contribution in [0.25, 0.3) is 0 Å². The van der Waals surface area contributed by atoms with Crippen molar-refractivity contribution < 1.29 is 19.1 Å². The van der Waals surface area contributed by atoms with E-state index in [-0.39, 0.29) is 48.6 Å². The van der Waals surface area contributed by atoms with E-state index in [0.717, 1.165) is 42.9 Å². The lowest BCUT2D eigenvalue weighted by atomic mass is 9.70. The quantitative estimate of drug-likeness (QED) is 0.674. The summed E-state index contributed by atoms with van der Waals surface area (Å²) in [5.41, 5.74) is 2.12. The minimum Gasteiger partial charge on any atom is -0.487 e. The van der Waals surface area contributed by atoms with E-state index in [1.807, 2.05) is 42.5 Å². The summed E-state index contributed by atoms with van der Waals surface area (Å²) in [7, 11) is 0. The molecule has 0 unspecified atom stereocenters. The summed E-state index contributed by atoms with van der Waals surface area (Å²) in [6.07, 6.45) is 1.94. The van der Waals surface area contributed by atoms with Gasteiger partial charge in [-0.25, -0.2) is 0 Å². The highest BCUT2D eigenvalue weighted by Gasteiger charge is 2.51. The van der Waals surface area contributed by atoms with Gasteiger partial charge in [-0.2, -0.15) is 0 Å². The Labute approximate surface area is 210 Å². The molecule has 0 aromatic heterocycles. The summed E-state index contributed by atoms with van der Waals surface area (Å²) in [6.45, 7) is 6.19. The number of halogens is 1. The normalized spacial score (nSPS) is 29.1. The second kappa shape index (κ2) is 8.50. The van der Waals surface area contributed by atoms with E-state index in [1.165, 1.54) is 0 Å². The first kappa shape index (κ1) is 22.8. The van der Waals surface area contributed by atoms with Crippen LogP contribution in [0.2, 0.25) is 5.02 Å². The summed E-state index contributed by atoms with van der Waals surface area (Å²) in [4.78, 5) is 29.3. The van der Waals surface area contributed by atoms with E-state index < -0.39 is 0 Å². The maximum absolute atomic E-state index is 13.3. The molecule has 6 rings (SSSR count). The monoisotopic (exact) mass is 495 g/mol. The molecule has 0 aliphatic carbocycles. The third kappa shape index (κ3) is 4.09. The first-order chi connectivity index (χ1) is 16.8. The molecule has 8 heteroatoms. The van der Waals surface area contributed by atoms with Gasteiger partial charge in [0.1, 0.15) is 17.9 Å². The number of hydrogen-bond donors (Lipinski definition) is 1. The molecule has 0 bridgehead atoms. The fraction of sp³-hybridized carbons (Fsp3) is 0.481. The molecule has 4 atom stereocenters. The number of benzene rings is 2. The van der Waals surface area contributed by atoms with Gasteiger partial charge in [0.2, 0.25) is 11.8 Å². The molecule has 0 radical (unpaired) electrons. The van der Waals surface area contributed by atoms with Crippen LogP contribution in [0.4, 0.5) is 11.4 Å². The van der Waals surface area contributed by atoms with Crippen LogP contribution < -0.4 is 15.0 Å². The van der Waals surface area contributed by atoms with Crippen molar-refractivity contribution in [1.29, 1.82) is 0 Å². The average molecular weight is 496 g/mol. The number of fused-ring (bicyclic) bond motifs is 5. The number of ether oxygens (including phenoxy) is 2. The molecule has 2 aromatic carbocycles. The maximum Gasteiger partial charge on any atom is 0.244 e. The molecule has 4 aliphatic rings. The first-order valence-electron chi connectivity index (χ1n) is 12.3. The lowest BCUT2D eigenvalue weighted by Gasteiger charge is -2.53. The van der Waals surface area contributed by atoms with Crippen LogP contribution in [0.1, 0.15) is 38.4 Å². The Morgan fingerprint density at radius 2 is 2.06 bits per heavy atom. The molecule has 2 amide bonds. The van der Waals surface area contributed by atoms with E-state index in [4.69, 9.17) is 21.1 Å². The van der Waals surface area contributed by atoms with E-state index in [9.17, 15) is 9.59 Å². The highest BCUT2D eigenvalue weighted by molar-refractivity contribution is 6.30. The maximum atomic E-state index is 13.3. The van der Waals surface area contributed by atoms with Gasteiger partial charge in [-0.05, 0) is 62.9 Å².